The molecule has 1 saturated carbocycles. The van der Waals surface area contributed by atoms with Gasteiger partial charge in [-0.15, -0.1) is 0 Å². The van der Waals surface area contributed by atoms with Crippen molar-refractivity contribution in [2.45, 2.75) is 89.0 Å². The van der Waals surface area contributed by atoms with E-state index in [4.69, 9.17) is 16.0 Å². The minimum absolute atomic E-state index is 0.0299. The second kappa shape index (κ2) is 15.3. The number of ketones is 1. The molecule has 0 radical (unpaired) electrons. The first-order valence-corrected chi connectivity index (χ1v) is 18.5. The third-order valence-corrected chi connectivity index (χ3v) is 11.8. The number of furan rings is 1. The van der Waals surface area contributed by atoms with Crippen molar-refractivity contribution < 1.29 is 32.6 Å². The average Bonchev–Trinajstić information content (AvgIpc) is 3.69. The van der Waals surface area contributed by atoms with Crippen LogP contribution in [0.3, 0.4) is 0 Å². The van der Waals surface area contributed by atoms with Crippen molar-refractivity contribution in [3.05, 3.63) is 129 Å². The molecule has 0 aliphatic heterocycles. The summed E-state index contributed by atoms with van der Waals surface area (Å²) in [5.74, 6) is -0.573. The minimum atomic E-state index is -4.58. The van der Waals surface area contributed by atoms with E-state index in [0.717, 1.165) is 49.1 Å². The Morgan fingerprint density at radius 2 is 1.79 bits per heavy atom. The standard InChI is InChI=1S/C43H47ClF3NO4/c1-28-8-7-21-41(2)36(19-22-42(41,51)27-48(3)23-20-29-9-5-4-6-10-29)33-15-12-30(24-32(49)14-11-28)25-34(33)40(50)39-18-17-38(52-39)35-26-31(43(45,46)47)13-16-37(35)44/h4-6,8-10,12-13,15-18,25-26,32,36,49,51H,7,11,14,19-24,27H2,1-3H3/t32-,36-,41-,42+/m0/s1. The van der Waals surface area contributed by atoms with Gasteiger partial charge in [0.15, 0.2) is 5.76 Å². The summed E-state index contributed by atoms with van der Waals surface area (Å²) in [5.41, 5.74) is 1.94. The number of rotatable bonds is 8. The van der Waals surface area contributed by atoms with E-state index in [1.165, 1.54) is 29.3 Å². The molecule has 9 heteroatoms. The van der Waals surface area contributed by atoms with Crippen LogP contribution in [0.1, 0.15) is 96.7 Å². The van der Waals surface area contributed by atoms with Gasteiger partial charge < -0.3 is 19.5 Å². The van der Waals surface area contributed by atoms with Gasteiger partial charge in [-0.3, -0.25) is 4.79 Å². The molecule has 4 aromatic rings. The number of benzene rings is 3. The third-order valence-electron chi connectivity index (χ3n) is 11.5. The summed E-state index contributed by atoms with van der Waals surface area (Å²) >= 11 is 6.31. The van der Waals surface area contributed by atoms with Crippen LogP contribution in [0.2, 0.25) is 5.02 Å². The molecule has 4 atom stereocenters. The van der Waals surface area contributed by atoms with Crippen LogP contribution in [0, 0.1) is 5.41 Å². The van der Waals surface area contributed by atoms with E-state index in [9.17, 15) is 28.2 Å². The molecule has 3 aliphatic rings. The minimum Gasteiger partial charge on any atom is -0.453 e. The predicted molar refractivity (Wildman–Crippen MR) is 199 cm³/mol. The summed E-state index contributed by atoms with van der Waals surface area (Å²) in [7, 11) is 2.05. The number of fused-ring (bicyclic) bond motifs is 8. The van der Waals surface area contributed by atoms with Crippen LogP contribution in [0.4, 0.5) is 13.2 Å². The van der Waals surface area contributed by atoms with Crippen LogP contribution < -0.4 is 0 Å². The lowest BCUT2D eigenvalue weighted by Gasteiger charge is -2.45. The molecule has 1 aromatic heterocycles. The quantitative estimate of drug-likeness (QED) is 0.139. The molecule has 3 aromatic carbocycles. The smallest absolute Gasteiger partial charge is 0.416 e. The van der Waals surface area contributed by atoms with Gasteiger partial charge in [0.05, 0.1) is 22.3 Å². The van der Waals surface area contributed by atoms with E-state index in [2.05, 4.69) is 37.0 Å². The number of aliphatic hydroxyl groups excluding tert-OH is 1. The van der Waals surface area contributed by atoms with E-state index in [1.54, 1.807) is 0 Å². The zero-order valence-corrected chi connectivity index (χ0v) is 30.7. The summed E-state index contributed by atoms with van der Waals surface area (Å²) in [6.07, 6.45) is 2.21. The van der Waals surface area contributed by atoms with Crippen LogP contribution in [-0.4, -0.2) is 52.7 Å². The number of hydrogen-bond donors (Lipinski definition) is 2. The highest BCUT2D eigenvalue weighted by Gasteiger charge is 2.57. The third kappa shape index (κ3) is 8.10. The summed E-state index contributed by atoms with van der Waals surface area (Å²) in [4.78, 5) is 16.7. The van der Waals surface area contributed by atoms with Gasteiger partial charge in [-0.1, -0.05) is 72.6 Å². The number of allylic oxidation sites excluding steroid dienone is 2. The molecule has 0 amide bonds. The molecule has 52 heavy (non-hydrogen) atoms. The van der Waals surface area contributed by atoms with Crippen LogP contribution in [0.5, 0.6) is 0 Å². The maximum absolute atomic E-state index is 14.5. The Hall–Kier alpha value is -3.69. The maximum Gasteiger partial charge on any atom is 0.416 e. The number of nitrogens with zero attached hydrogens (tertiary/aromatic N) is 1. The van der Waals surface area contributed by atoms with Gasteiger partial charge in [0.25, 0.3) is 0 Å². The van der Waals surface area contributed by atoms with Gasteiger partial charge >= 0.3 is 6.18 Å². The largest absolute Gasteiger partial charge is 0.453 e. The van der Waals surface area contributed by atoms with Crippen molar-refractivity contribution in [3.8, 4) is 11.3 Å². The van der Waals surface area contributed by atoms with E-state index in [1.807, 2.05) is 43.4 Å². The Bertz CT molecular complexity index is 1920. The molecule has 7 rings (SSSR count). The predicted octanol–water partition coefficient (Wildman–Crippen LogP) is 10.1. The Morgan fingerprint density at radius 1 is 1.02 bits per heavy atom. The average molecular weight is 734 g/mol. The second-order valence-corrected chi connectivity index (χ2v) is 15.5. The van der Waals surface area contributed by atoms with Gasteiger partial charge in [0.1, 0.15) is 5.76 Å². The summed E-state index contributed by atoms with van der Waals surface area (Å²) in [6, 6.07) is 22.0. The van der Waals surface area contributed by atoms with E-state index >= 15 is 0 Å². The van der Waals surface area contributed by atoms with Crippen molar-refractivity contribution in [1.29, 1.82) is 0 Å². The van der Waals surface area contributed by atoms with E-state index < -0.39 is 34.6 Å². The first-order valence-electron chi connectivity index (χ1n) is 18.1. The first kappa shape index (κ1) is 38.0. The zero-order valence-electron chi connectivity index (χ0n) is 30.0. The molecule has 3 aliphatic carbocycles. The molecular formula is C43H47ClF3NO4. The molecule has 5 nitrogen and oxygen atoms in total. The molecule has 1 heterocycles. The number of alkyl halides is 3. The lowest BCUT2D eigenvalue weighted by atomic mass is 9.64. The van der Waals surface area contributed by atoms with Gasteiger partial charge in [-0.25, -0.2) is 0 Å². The van der Waals surface area contributed by atoms with Gasteiger partial charge in [-0.2, -0.15) is 13.2 Å². The van der Waals surface area contributed by atoms with Gasteiger partial charge in [-0.05, 0) is 124 Å². The molecule has 276 valence electrons. The molecular weight excluding hydrogens is 687 g/mol. The van der Waals surface area contributed by atoms with Crippen molar-refractivity contribution in [1.82, 2.24) is 4.90 Å². The SMILES string of the molecule is CC1=CCC[C@@]2(C)[C@@H](CC[C@@]2(O)CN(C)CCc2ccccc2)c2ccc(cc2C(=O)c2ccc(-c3cc(C(F)(F)F)ccc3Cl)o2)C[C@@H](O)CC1. The number of carbonyl (C=O) groups excluding carboxylic acids is 1. The first-order chi connectivity index (χ1) is 24.7. The highest BCUT2D eigenvalue weighted by atomic mass is 35.5. The number of aliphatic hydroxyl groups is 2. The molecule has 0 spiro atoms. The van der Waals surface area contributed by atoms with Crippen LogP contribution in [0.15, 0.2) is 94.9 Å². The summed E-state index contributed by atoms with van der Waals surface area (Å²) in [5, 5.41) is 23.7. The zero-order chi connectivity index (χ0) is 37.3. The van der Waals surface area contributed by atoms with Crippen LogP contribution in [0.25, 0.3) is 11.3 Å². The molecule has 0 saturated heterocycles. The summed E-state index contributed by atoms with van der Waals surface area (Å²) in [6.45, 7) is 5.49. The van der Waals surface area contributed by atoms with Crippen molar-refractivity contribution >= 4 is 17.4 Å². The Labute approximate surface area is 309 Å². The topological polar surface area (TPSA) is 73.9 Å². The Kier molecular flexibility index (Phi) is 11.2. The second-order valence-electron chi connectivity index (χ2n) is 15.1. The lowest BCUT2D eigenvalue weighted by molar-refractivity contribution is -0.137. The van der Waals surface area contributed by atoms with Gasteiger partial charge in [0.2, 0.25) is 5.78 Å². The highest BCUT2D eigenvalue weighted by molar-refractivity contribution is 6.33. The van der Waals surface area contributed by atoms with E-state index in [0.29, 0.717) is 44.2 Å². The van der Waals surface area contributed by atoms with Crippen molar-refractivity contribution in [3.63, 3.8) is 0 Å². The van der Waals surface area contributed by atoms with Crippen LogP contribution in [-0.2, 0) is 19.0 Å². The number of likely N-dealkylation sites (N-methyl/N-ethyl adjacent to an activating group) is 1. The molecule has 0 unspecified atom stereocenters. The molecule has 1 fully saturated rings. The van der Waals surface area contributed by atoms with Crippen LogP contribution >= 0.6 is 11.6 Å². The number of halogens is 4. The fourth-order valence-electron chi connectivity index (χ4n) is 8.31. The highest BCUT2D eigenvalue weighted by Crippen LogP contribution is 2.59. The van der Waals surface area contributed by atoms with Gasteiger partial charge in [0, 0.05) is 29.6 Å². The Balaban J connectivity index is 1.37. The fourth-order valence-corrected chi connectivity index (χ4v) is 8.53. The lowest BCUT2D eigenvalue weighted by Crippen LogP contribution is -2.52. The monoisotopic (exact) mass is 733 g/mol. The fraction of sp³-hybridized carbons (Fsp3) is 0.419. The summed E-state index contributed by atoms with van der Waals surface area (Å²) < 4.78 is 46.6. The van der Waals surface area contributed by atoms with Crippen molar-refractivity contribution in [2.24, 2.45) is 5.41 Å². The number of hydrogen-bond acceptors (Lipinski definition) is 5. The van der Waals surface area contributed by atoms with Crippen molar-refractivity contribution in [2.75, 3.05) is 20.1 Å². The molecule has 2 N–H and O–H groups in total. The normalized spacial score (nSPS) is 24.1. The maximum atomic E-state index is 14.5. The number of carbonyl (C=O) groups is 1. The Morgan fingerprint density at radius 3 is 2.54 bits per heavy atom. The van der Waals surface area contributed by atoms with E-state index in [-0.39, 0.29) is 28.0 Å². The molecule has 2 bridgehead atoms.